The number of thioether (sulfide) groups is 2. The summed E-state index contributed by atoms with van der Waals surface area (Å²) in [5.41, 5.74) is 6.23. The van der Waals surface area contributed by atoms with Gasteiger partial charge in [0.2, 0.25) is 0 Å². The van der Waals surface area contributed by atoms with Crippen LogP contribution in [0.4, 0.5) is 5.13 Å². The molecule has 180 valence electrons. The van der Waals surface area contributed by atoms with Crippen LogP contribution in [-0.2, 0) is 19.2 Å². The Bertz CT molecular complexity index is 1210. The van der Waals surface area contributed by atoms with Crippen molar-refractivity contribution in [3.8, 4) is 0 Å². The van der Waals surface area contributed by atoms with E-state index in [-0.39, 0.29) is 27.5 Å². The van der Waals surface area contributed by atoms with Crippen LogP contribution in [0.1, 0.15) is 18.4 Å². The van der Waals surface area contributed by atoms with E-state index in [1.807, 2.05) is 6.92 Å². The molecular formula is C18H20N8O5S3. The maximum atomic E-state index is 13.0. The van der Waals surface area contributed by atoms with E-state index in [4.69, 9.17) is 10.6 Å². The lowest BCUT2D eigenvalue weighted by Crippen LogP contribution is -2.71. The van der Waals surface area contributed by atoms with Gasteiger partial charge in [0.1, 0.15) is 35.7 Å². The molecule has 0 aliphatic carbocycles. The normalized spacial score (nSPS) is 21.1. The van der Waals surface area contributed by atoms with Gasteiger partial charge in [0.25, 0.3) is 11.8 Å². The first-order chi connectivity index (χ1) is 16.2. The van der Waals surface area contributed by atoms with Crippen molar-refractivity contribution in [2.75, 3.05) is 18.6 Å². The van der Waals surface area contributed by atoms with Gasteiger partial charge in [-0.15, -0.1) is 23.1 Å². The second-order valence-corrected chi connectivity index (χ2v) is 10.5. The van der Waals surface area contributed by atoms with Crippen LogP contribution in [0.15, 0.2) is 27.0 Å². The summed E-state index contributed by atoms with van der Waals surface area (Å²) < 4.78 is 0. The van der Waals surface area contributed by atoms with Gasteiger partial charge in [-0.2, -0.15) is 5.10 Å². The number of nitrogen functional groups attached to an aromatic ring is 1. The minimum absolute atomic E-state index is 0.0754. The average Bonchev–Trinajstić information content (AvgIpc) is 3.41. The van der Waals surface area contributed by atoms with Gasteiger partial charge in [0.05, 0.1) is 0 Å². The second-order valence-electron chi connectivity index (χ2n) is 7.18. The maximum absolute atomic E-state index is 13.0. The largest absolute Gasteiger partial charge is 0.477 e. The SMILES string of the molecule is CON=C(C(=O)N[C@@H]1C(=O)N2C(C(=O)O)=C(C(C)Sc3nc(C)n[nH]3)CS[C@@H]12)c1csc(N)n1. The molecule has 1 saturated heterocycles. The Morgan fingerprint density at radius 1 is 1.47 bits per heavy atom. The van der Waals surface area contributed by atoms with Crippen molar-refractivity contribution < 1.29 is 24.3 Å². The van der Waals surface area contributed by atoms with Gasteiger partial charge >= 0.3 is 5.97 Å². The first kappa shape index (κ1) is 24.0. The van der Waals surface area contributed by atoms with Crippen molar-refractivity contribution >= 4 is 63.5 Å². The Labute approximate surface area is 205 Å². The molecule has 2 aliphatic rings. The number of hydrogen-bond donors (Lipinski definition) is 4. The number of aryl methyl sites for hydroxylation is 1. The van der Waals surface area contributed by atoms with Gasteiger partial charge in [-0.1, -0.05) is 16.9 Å². The Kier molecular flexibility index (Phi) is 6.81. The summed E-state index contributed by atoms with van der Waals surface area (Å²) in [5.74, 6) is -1.47. The summed E-state index contributed by atoms with van der Waals surface area (Å²) in [6, 6.07) is -0.925. The van der Waals surface area contributed by atoms with Crippen LogP contribution in [0.2, 0.25) is 0 Å². The third-order valence-electron chi connectivity index (χ3n) is 5.00. The molecule has 2 aromatic rings. The number of nitrogens with zero attached hydrogens (tertiary/aromatic N) is 5. The van der Waals surface area contributed by atoms with Gasteiger partial charge in [-0.05, 0) is 19.4 Å². The number of oxime groups is 1. The first-order valence-electron chi connectivity index (χ1n) is 9.81. The number of anilines is 1. The van der Waals surface area contributed by atoms with Gasteiger partial charge < -0.3 is 21.0 Å². The first-order valence-corrected chi connectivity index (χ1v) is 12.6. The molecule has 0 saturated carbocycles. The average molecular weight is 525 g/mol. The van der Waals surface area contributed by atoms with Crippen LogP contribution >= 0.6 is 34.9 Å². The van der Waals surface area contributed by atoms with E-state index < -0.39 is 29.2 Å². The standard InChI is InChI=1S/C18H20N8O5S3/c1-6(34-18-20-7(2)23-24-18)8-4-32-15-11(14(28)26(15)12(8)16(29)30)22-13(27)10(25-31-3)9-5-33-17(19)21-9/h5-6,11,15H,4H2,1-3H3,(H2,19,21)(H,22,27)(H,29,30)(H,20,23,24)/t6?,11-,15+/m1/s1. The van der Waals surface area contributed by atoms with Gasteiger partial charge in [0, 0.05) is 16.4 Å². The number of hydrogen-bond acceptors (Lipinski definition) is 12. The van der Waals surface area contributed by atoms with Crippen LogP contribution in [0.25, 0.3) is 0 Å². The van der Waals surface area contributed by atoms with E-state index in [9.17, 15) is 19.5 Å². The molecular weight excluding hydrogens is 504 g/mol. The number of rotatable bonds is 8. The number of aromatic amines is 1. The van der Waals surface area contributed by atoms with Gasteiger partial charge in [-0.25, -0.2) is 14.8 Å². The minimum atomic E-state index is -1.21. The Hall–Kier alpha value is -3.11. The van der Waals surface area contributed by atoms with Crippen LogP contribution in [0.5, 0.6) is 0 Å². The third-order valence-corrected chi connectivity index (χ3v) is 8.02. The number of carbonyl (C=O) groups excluding carboxylic acids is 2. The molecule has 2 aliphatic heterocycles. The number of fused-ring (bicyclic) bond motifs is 1. The molecule has 1 fully saturated rings. The van der Waals surface area contributed by atoms with Gasteiger partial charge in [-0.3, -0.25) is 19.6 Å². The molecule has 0 bridgehead atoms. The van der Waals surface area contributed by atoms with Crippen LogP contribution in [0, 0.1) is 6.92 Å². The summed E-state index contributed by atoms with van der Waals surface area (Å²) >= 11 is 3.82. The second kappa shape index (κ2) is 9.63. The molecule has 0 radical (unpaired) electrons. The molecule has 1 unspecified atom stereocenters. The van der Waals surface area contributed by atoms with Crippen molar-refractivity contribution in [2.24, 2.45) is 5.16 Å². The molecule has 0 aromatic carbocycles. The number of carboxylic acids is 1. The topological polar surface area (TPSA) is 189 Å². The number of nitrogens with two attached hydrogens (primary N) is 1. The number of aromatic nitrogens is 4. The predicted molar refractivity (Wildman–Crippen MR) is 126 cm³/mol. The Morgan fingerprint density at radius 2 is 2.24 bits per heavy atom. The molecule has 13 nitrogen and oxygen atoms in total. The molecule has 4 heterocycles. The van der Waals surface area contributed by atoms with E-state index >= 15 is 0 Å². The lowest BCUT2D eigenvalue weighted by Gasteiger charge is -2.49. The monoisotopic (exact) mass is 524 g/mol. The van der Waals surface area contributed by atoms with Crippen LogP contribution < -0.4 is 11.1 Å². The van der Waals surface area contributed by atoms with E-state index in [0.717, 1.165) is 11.3 Å². The number of aliphatic carboxylic acids is 1. The van der Waals surface area contributed by atoms with Crippen molar-refractivity contribution in [3.05, 3.63) is 28.2 Å². The summed E-state index contributed by atoms with van der Waals surface area (Å²) in [6.07, 6.45) is 0. The number of carbonyl (C=O) groups is 3. The molecule has 16 heteroatoms. The number of carboxylic acid groups (broad SMARTS) is 1. The molecule has 3 atom stereocenters. The van der Waals surface area contributed by atoms with E-state index in [1.54, 1.807) is 12.3 Å². The Morgan fingerprint density at radius 3 is 2.82 bits per heavy atom. The number of thiazole rings is 1. The summed E-state index contributed by atoms with van der Waals surface area (Å²) in [4.78, 5) is 52.1. The van der Waals surface area contributed by atoms with Crippen LogP contribution in [-0.4, -0.2) is 83.2 Å². The summed E-state index contributed by atoms with van der Waals surface area (Å²) in [7, 11) is 1.28. The highest BCUT2D eigenvalue weighted by molar-refractivity contribution is 8.01. The fraction of sp³-hybridized carbons (Fsp3) is 0.389. The summed E-state index contributed by atoms with van der Waals surface area (Å²) in [5, 5.41) is 24.5. The highest BCUT2D eigenvalue weighted by Crippen LogP contribution is 2.43. The highest BCUT2D eigenvalue weighted by Gasteiger charge is 2.55. The zero-order valence-corrected chi connectivity index (χ0v) is 20.6. The summed E-state index contributed by atoms with van der Waals surface area (Å²) in [6.45, 7) is 3.59. The number of H-pyrrole nitrogens is 1. The lowest BCUT2D eigenvalue weighted by molar-refractivity contribution is -0.150. The molecule has 2 aromatic heterocycles. The maximum Gasteiger partial charge on any atom is 0.352 e. The van der Waals surface area contributed by atoms with Gasteiger partial charge in [0.15, 0.2) is 16.0 Å². The molecule has 34 heavy (non-hydrogen) atoms. The molecule has 4 rings (SSSR count). The molecule has 5 N–H and O–H groups in total. The number of nitrogens with one attached hydrogen (secondary N) is 2. The third kappa shape index (κ3) is 4.47. The minimum Gasteiger partial charge on any atom is -0.477 e. The lowest BCUT2D eigenvalue weighted by atomic mass is 10.0. The van der Waals surface area contributed by atoms with E-state index in [1.165, 1.54) is 35.5 Å². The van der Waals surface area contributed by atoms with E-state index in [0.29, 0.717) is 22.3 Å². The zero-order valence-electron chi connectivity index (χ0n) is 18.1. The zero-order chi connectivity index (χ0) is 24.6. The fourth-order valence-corrected chi connectivity index (χ4v) is 6.55. The Balaban J connectivity index is 1.52. The van der Waals surface area contributed by atoms with Crippen molar-refractivity contribution in [3.63, 3.8) is 0 Å². The highest BCUT2D eigenvalue weighted by atomic mass is 32.2. The molecule has 2 amide bonds. The van der Waals surface area contributed by atoms with Crippen molar-refractivity contribution in [1.82, 2.24) is 30.4 Å². The predicted octanol–water partition coefficient (Wildman–Crippen LogP) is 0.422. The number of amides is 2. The van der Waals surface area contributed by atoms with E-state index in [2.05, 4.69) is 30.6 Å². The number of β-lactam (4-membered cyclic amide) rings is 1. The smallest absolute Gasteiger partial charge is 0.352 e. The fourth-order valence-electron chi connectivity index (χ4n) is 3.47. The van der Waals surface area contributed by atoms with Crippen LogP contribution in [0.3, 0.4) is 0 Å². The molecule has 0 spiro atoms. The van der Waals surface area contributed by atoms with Crippen molar-refractivity contribution in [1.29, 1.82) is 0 Å². The quantitative estimate of drug-likeness (QED) is 0.162. The van der Waals surface area contributed by atoms with Crippen molar-refractivity contribution in [2.45, 2.75) is 35.7 Å².